The largest absolute Gasteiger partial charge is 0.324 e. The van der Waals surface area contributed by atoms with Crippen LogP contribution < -0.4 is 5.32 Å². The Kier molecular flexibility index (Phi) is 4.36. The van der Waals surface area contributed by atoms with Crippen LogP contribution in [0.3, 0.4) is 0 Å². The van der Waals surface area contributed by atoms with Crippen LogP contribution in [0.5, 0.6) is 0 Å². The Balaban J connectivity index is 2.00. The minimum atomic E-state index is -0.0695. The van der Waals surface area contributed by atoms with Crippen molar-refractivity contribution in [1.82, 2.24) is 4.90 Å². The molecule has 1 aliphatic heterocycles. The van der Waals surface area contributed by atoms with Crippen LogP contribution in [0, 0.1) is 5.92 Å². The number of nitrogens with zero attached hydrogens (tertiary/aromatic N) is 1. The van der Waals surface area contributed by atoms with Crippen molar-refractivity contribution >= 4 is 34.9 Å². The molecule has 3 nitrogen and oxygen atoms in total. The fraction of sp³-hybridized carbons (Fsp3) is 0.462. The number of piperidine rings is 1. The average molecular weight is 287 g/mol. The van der Waals surface area contributed by atoms with E-state index in [1.165, 1.54) is 6.42 Å². The van der Waals surface area contributed by atoms with E-state index in [1.807, 2.05) is 4.90 Å². The molecule has 0 bridgehead atoms. The number of carbonyl (C=O) groups is 1. The molecule has 1 fully saturated rings. The van der Waals surface area contributed by atoms with Gasteiger partial charge in [-0.3, -0.25) is 0 Å². The highest BCUT2D eigenvalue weighted by Gasteiger charge is 2.20. The van der Waals surface area contributed by atoms with Gasteiger partial charge in [0, 0.05) is 18.8 Å². The smallest absolute Gasteiger partial charge is 0.321 e. The van der Waals surface area contributed by atoms with Crippen molar-refractivity contribution in [3.05, 3.63) is 28.2 Å². The summed E-state index contributed by atoms with van der Waals surface area (Å²) < 4.78 is 0. The molecule has 1 saturated heterocycles. The molecule has 0 saturated carbocycles. The van der Waals surface area contributed by atoms with Crippen molar-refractivity contribution in [2.75, 3.05) is 18.4 Å². The molecule has 1 heterocycles. The van der Waals surface area contributed by atoms with Gasteiger partial charge in [-0.25, -0.2) is 4.79 Å². The molecule has 0 aromatic heterocycles. The van der Waals surface area contributed by atoms with Gasteiger partial charge < -0.3 is 10.2 Å². The summed E-state index contributed by atoms with van der Waals surface area (Å²) in [6, 6.07) is 5.02. The highest BCUT2D eigenvalue weighted by Crippen LogP contribution is 2.25. The first kappa shape index (κ1) is 13.5. The maximum Gasteiger partial charge on any atom is 0.321 e. The third-order valence-electron chi connectivity index (χ3n) is 3.12. The van der Waals surface area contributed by atoms with E-state index in [2.05, 4.69) is 12.2 Å². The van der Waals surface area contributed by atoms with Gasteiger partial charge >= 0.3 is 6.03 Å². The van der Waals surface area contributed by atoms with Crippen LogP contribution in [0.15, 0.2) is 18.2 Å². The van der Waals surface area contributed by atoms with Crippen molar-refractivity contribution in [2.24, 2.45) is 5.92 Å². The number of rotatable bonds is 1. The Bertz CT molecular complexity index is 451. The molecule has 1 aliphatic rings. The molecule has 0 aliphatic carbocycles. The van der Waals surface area contributed by atoms with Gasteiger partial charge in [0.15, 0.2) is 0 Å². The molecule has 0 radical (unpaired) electrons. The van der Waals surface area contributed by atoms with E-state index in [1.54, 1.807) is 18.2 Å². The van der Waals surface area contributed by atoms with Gasteiger partial charge in [-0.15, -0.1) is 0 Å². The predicted octanol–water partition coefficient (Wildman–Crippen LogP) is 4.26. The van der Waals surface area contributed by atoms with Crippen LogP contribution in [0.4, 0.5) is 10.5 Å². The van der Waals surface area contributed by atoms with E-state index in [0.29, 0.717) is 21.7 Å². The fourth-order valence-electron chi connectivity index (χ4n) is 2.15. The van der Waals surface area contributed by atoms with Crippen molar-refractivity contribution in [2.45, 2.75) is 19.8 Å². The summed E-state index contributed by atoms with van der Waals surface area (Å²) in [5.41, 5.74) is 0.674. The molecular weight excluding hydrogens is 271 g/mol. The van der Waals surface area contributed by atoms with Crippen LogP contribution in [-0.4, -0.2) is 24.0 Å². The summed E-state index contributed by atoms with van der Waals surface area (Å²) in [5, 5.41) is 3.78. The highest BCUT2D eigenvalue weighted by molar-refractivity contribution is 6.42. The summed E-state index contributed by atoms with van der Waals surface area (Å²) in [5.74, 6) is 0.568. The molecule has 1 N–H and O–H groups in total. The lowest BCUT2D eigenvalue weighted by atomic mass is 10.0. The van der Waals surface area contributed by atoms with Crippen molar-refractivity contribution in [3.8, 4) is 0 Å². The fourth-order valence-corrected chi connectivity index (χ4v) is 2.45. The van der Waals surface area contributed by atoms with E-state index >= 15 is 0 Å². The first-order valence-corrected chi connectivity index (χ1v) is 6.83. The second-order valence-electron chi connectivity index (χ2n) is 4.75. The molecule has 1 atom stereocenters. The zero-order valence-electron chi connectivity index (χ0n) is 10.2. The van der Waals surface area contributed by atoms with E-state index in [4.69, 9.17) is 23.2 Å². The maximum absolute atomic E-state index is 12.0. The molecule has 98 valence electrons. The molecule has 5 heteroatoms. The minimum absolute atomic E-state index is 0.0695. The standard InChI is InChI=1S/C13H16Cl2N2O/c1-9-3-2-6-17(8-9)13(18)16-10-4-5-11(14)12(15)7-10/h4-5,7,9H,2-3,6,8H2,1H3,(H,16,18)/t9-/m0/s1. The van der Waals surface area contributed by atoms with Crippen LogP contribution in [0.1, 0.15) is 19.8 Å². The number of halogens is 2. The van der Waals surface area contributed by atoms with Gasteiger partial charge in [0.1, 0.15) is 0 Å². The van der Waals surface area contributed by atoms with Gasteiger partial charge in [0.05, 0.1) is 10.0 Å². The van der Waals surface area contributed by atoms with E-state index in [9.17, 15) is 4.79 Å². The van der Waals surface area contributed by atoms with E-state index < -0.39 is 0 Å². The van der Waals surface area contributed by atoms with Gasteiger partial charge in [0.25, 0.3) is 0 Å². The molecule has 0 unspecified atom stereocenters. The highest BCUT2D eigenvalue weighted by atomic mass is 35.5. The number of hydrogen-bond donors (Lipinski definition) is 1. The molecule has 18 heavy (non-hydrogen) atoms. The normalized spacial score (nSPS) is 19.7. The zero-order chi connectivity index (χ0) is 13.1. The van der Waals surface area contributed by atoms with Crippen LogP contribution in [0.2, 0.25) is 10.0 Å². The summed E-state index contributed by atoms with van der Waals surface area (Å²) in [6.07, 6.45) is 2.26. The van der Waals surface area contributed by atoms with Crippen LogP contribution >= 0.6 is 23.2 Å². The van der Waals surface area contributed by atoms with E-state index in [-0.39, 0.29) is 6.03 Å². The Labute approximate surface area is 117 Å². The number of amides is 2. The summed E-state index contributed by atoms with van der Waals surface area (Å²) in [7, 11) is 0. The molecule has 0 spiro atoms. The average Bonchev–Trinajstić information content (AvgIpc) is 2.34. The quantitative estimate of drug-likeness (QED) is 0.822. The molecule has 2 rings (SSSR count). The van der Waals surface area contributed by atoms with Crippen molar-refractivity contribution < 1.29 is 4.79 Å². The van der Waals surface area contributed by atoms with Gasteiger partial charge in [-0.1, -0.05) is 30.1 Å². The Morgan fingerprint density at radius 2 is 2.17 bits per heavy atom. The lowest BCUT2D eigenvalue weighted by Gasteiger charge is -2.30. The number of hydrogen-bond acceptors (Lipinski definition) is 1. The molecule has 2 amide bonds. The van der Waals surface area contributed by atoms with E-state index in [0.717, 1.165) is 19.5 Å². The van der Waals surface area contributed by atoms with Gasteiger partial charge in [-0.05, 0) is 37.0 Å². The number of likely N-dealkylation sites (tertiary alicyclic amines) is 1. The third kappa shape index (κ3) is 3.30. The van der Waals surface area contributed by atoms with Crippen LogP contribution in [0.25, 0.3) is 0 Å². The number of anilines is 1. The first-order chi connectivity index (χ1) is 8.56. The number of nitrogens with one attached hydrogen (secondary N) is 1. The van der Waals surface area contributed by atoms with Crippen LogP contribution in [-0.2, 0) is 0 Å². The molecule has 1 aromatic rings. The first-order valence-electron chi connectivity index (χ1n) is 6.07. The minimum Gasteiger partial charge on any atom is -0.324 e. The number of carbonyl (C=O) groups excluding carboxylic acids is 1. The second kappa shape index (κ2) is 5.81. The summed E-state index contributed by atoms with van der Waals surface area (Å²) in [6.45, 7) is 3.79. The summed E-state index contributed by atoms with van der Waals surface area (Å²) in [4.78, 5) is 13.9. The lowest BCUT2D eigenvalue weighted by molar-refractivity contribution is 0.182. The van der Waals surface area contributed by atoms with Crippen molar-refractivity contribution in [1.29, 1.82) is 0 Å². The molecule has 1 aromatic carbocycles. The summed E-state index contributed by atoms with van der Waals surface area (Å²) >= 11 is 11.7. The Morgan fingerprint density at radius 3 is 2.83 bits per heavy atom. The SMILES string of the molecule is C[C@H]1CCCN(C(=O)Nc2ccc(Cl)c(Cl)c2)C1. The number of urea groups is 1. The van der Waals surface area contributed by atoms with Gasteiger partial charge in [0.2, 0.25) is 0 Å². The predicted molar refractivity (Wildman–Crippen MR) is 75.5 cm³/mol. The Morgan fingerprint density at radius 1 is 1.39 bits per heavy atom. The molecular formula is C13H16Cl2N2O. The lowest BCUT2D eigenvalue weighted by Crippen LogP contribution is -2.41. The Hall–Kier alpha value is -0.930. The van der Waals surface area contributed by atoms with Gasteiger partial charge in [-0.2, -0.15) is 0 Å². The maximum atomic E-state index is 12.0. The zero-order valence-corrected chi connectivity index (χ0v) is 11.8. The topological polar surface area (TPSA) is 32.3 Å². The third-order valence-corrected chi connectivity index (χ3v) is 3.85. The monoisotopic (exact) mass is 286 g/mol. The van der Waals surface area contributed by atoms with Crippen molar-refractivity contribution in [3.63, 3.8) is 0 Å². The second-order valence-corrected chi connectivity index (χ2v) is 5.57. The number of benzene rings is 1.